The van der Waals surface area contributed by atoms with Crippen LogP contribution in [0, 0.1) is 6.92 Å². The van der Waals surface area contributed by atoms with Crippen LogP contribution in [-0.4, -0.2) is 39.9 Å². The average Bonchev–Trinajstić information content (AvgIpc) is 2.66. The fourth-order valence-electron chi connectivity index (χ4n) is 2.39. The summed E-state index contributed by atoms with van der Waals surface area (Å²) < 4.78 is 16.4. The SMILES string of the molecule is CCNC(=NCCOc1ccccc1C)Nc1ccc(OC)c(OC)c1.I. The van der Waals surface area contributed by atoms with E-state index in [1.54, 1.807) is 14.2 Å². The normalized spacial score (nSPS) is 10.6. The van der Waals surface area contributed by atoms with Gasteiger partial charge < -0.3 is 24.8 Å². The number of halogens is 1. The third-order valence-corrected chi connectivity index (χ3v) is 3.70. The number of anilines is 1. The van der Waals surface area contributed by atoms with E-state index in [9.17, 15) is 0 Å². The van der Waals surface area contributed by atoms with Gasteiger partial charge in [-0.2, -0.15) is 0 Å². The molecule has 0 unspecified atom stereocenters. The lowest BCUT2D eigenvalue weighted by Crippen LogP contribution is -2.31. The second kappa shape index (κ2) is 12.3. The molecule has 2 aromatic carbocycles. The van der Waals surface area contributed by atoms with Crippen LogP contribution in [0.15, 0.2) is 47.5 Å². The number of methoxy groups -OCH3 is 2. The molecular formula is C20H28IN3O3. The number of nitrogens with one attached hydrogen (secondary N) is 2. The summed E-state index contributed by atoms with van der Waals surface area (Å²) in [5.41, 5.74) is 1.98. The van der Waals surface area contributed by atoms with Gasteiger partial charge in [0.05, 0.1) is 20.8 Å². The van der Waals surface area contributed by atoms with Crippen molar-refractivity contribution in [2.24, 2.45) is 4.99 Å². The molecule has 0 aliphatic heterocycles. The van der Waals surface area contributed by atoms with Crippen LogP contribution in [0.3, 0.4) is 0 Å². The molecule has 0 aromatic heterocycles. The van der Waals surface area contributed by atoms with Gasteiger partial charge in [0.15, 0.2) is 17.5 Å². The molecule has 0 saturated heterocycles. The van der Waals surface area contributed by atoms with Gasteiger partial charge in [-0.3, -0.25) is 0 Å². The van der Waals surface area contributed by atoms with E-state index in [1.165, 1.54) is 0 Å². The highest BCUT2D eigenvalue weighted by molar-refractivity contribution is 14.0. The highest BCUT2D eigenvalue weighted by Crippen LogP contribution is 2.29. The van der Waals surface area contributed by atoms with Crippen LogP contribution >= 0.6 is 24.0 Å². The fourth-order valence-corrected chi connectivity index (χ4v) is 2.39. The molecule has 0 heterocycles. The van der Waals surface area contributed by atoms with Crippen molar-refractivity contribution >= 4 is 35.6 Å². The first-order valence-corrected chi connectivity index (χ1v) is 8.63. The number of guanidine groups is 1. The summed E-state index contributed by atoms with van der Waals surface area (Å²) in [6, 6.07) is 13.6. The minimum atomic E-state index is 0. The third-order valence-electron chi connectivity index (χ3n) is 3.70. The van der Waals surface area contributed by atoms with Crippen molar-refractivity contribution in [1.29, 1.82) is 0 Å². The van der Waals surface area contributed by atoms with Crippen molar-refractivity contribution in [2.45, 2.75) is 13.8 Å². The zero-order chi connectivity index (χ0) is 18.8. The molecule has 2 aromatic rings. The number of ether oxygens (including phenoxy) is 3. The number of nitrogens with zero attached hydrogens (tertiary/aromatic N) is 1. The number of para-hydroxylation sites is 1. The van der Waals surface area contributed by atoms with Gasteiger partial charge in [-0.05, 0) is 37.6 Å². The number of benzene rings is 2. The summed E-state index contributed by atoms with van der Waals surface area (Å²) in [5.74, 6) is 2.93. The van der Waals surface area contributed by atoms with Crippen LogP contribution in [0.5, 0.6) is 17.2 Å². The summed E-state index contributed by atoms with van der Waals surface area (Å²) in [6.45, 7) is 5.86. The van der Waals surface area contributed by atoms with Crippen LogP contribution in [-0.2, 0) is 0 Å². The number of rotatable bonds is 8. The van der Waals surface area contributed by atoms with Crippen molar-refractivity contribution in [3.63, 3.8) is 0 Å². The molecule has 0 atom stereocenters. The molecule has 0 fully saturated rings. The summed E-state index contributed by atoms with van der Waals surface area (Å²) in [5, 5.41) is 6.48. The monoisotopic (exact) mass is 485 g/mol. The molecule has 0 aliphatic rings. The number of aryl methyl sites for hydroxylation is 1. The van der Waals surface area contributed by atoms with E-state index in [1.807, 2.05) is 56.3 Å². The zero-order valence-electron chi connectivity index (χ0n) is 16.2. The minimum absolute atomic E-state index is 0. The largest absolute Gasteiger partial charge is 0.493 e. The van der Waals surface area contributed by atoms with E-state index < -0.39 is 0 Å². The second-order valence-electron chi connectivity index (χ2n) is 5.57. The fraction of sp³-hybridized carbons (Fsp3) is 0.350. The zero-order valence-corrected chi connectivity index (χ0v) is 18.6. The third kappa shape index (κ3) is 7.16. The molecule has 6 nitrogen and oxygen atoms in total. The van der Waals surface area contributed by atoms with Crippen LogP contribution < -0.4 is 24.8 Å². The molecule has 0 bridgehead atoms. The second-order valence-corrected chi connectivity index (χ2v) is 5.57. The predicted molar refractivity (Wildman–Crippen MR) is 121 cm³/mol. The molecule has 0 saturated carbocycles. The Morgan fingerprint density at radius 2 is 1.74 bits per heavy atom. The van der Waals surface area contributed by atoms with E-state index in [2.05, 4.69) is 15.6 Å². The van der Waals surface area contributed by atoms with E-state index in [4.69, 9.17) is 14.2 Å². The molecule has 0 aliphatic carbocycles. The molecule has 0 radical (unpaired) electrons. The molecule has 148 valence electrons. The van der Waals surface area contributed by atoms with Crippen molar-refractivity contribution in [1.82, 2.24) is 5.32 Å². The van der Waals surface area contributed by atoms with E-state index in [0.717, 1.165) is 23.5 Å². The first kappa shape index (κ1) is 22.9. The van der Waals surface area contributed by atoms with Crippen LogP contribution in [0.25, 0.3) is 0 Å². The molecule has 0 spiro atoms. The first-order chi connectivity index (χ1) is 12.7. The molecular weight excluding hydrogens is 457 g/mol. The van der Waals surface area contributed by atoms with Gasteiger partial charge in [-0.15, -0.1) is 24.0 Å². The van der Waals surface area contributed by atoms with Gasteiger partial charge in [0.25, 0.3) is 0 Å². The smallest absolute Gasteiger partial charge is 0.195 e. The Labute approximate surface area is 178 Å². The standard InChI is InChI=1S/C20H27N3O3.HI/c1-5-21-20(22-12-13-26-17-9-7-6-8-15(17)2)23-16-10-11-18(24-3)19(14-16)25-4;/h6-11,14H,5,12-13H2,1-4H3,(H2,21,22,23);1H. The number of aliphatic imine (C=N–C) groups is 1. The van der Waals surface area contributed by atoms with E-state index in [-0.39, 0.29) is 24.0 Å². The minimum Gasteiger partial charge on any atom is -0.493 e. The van der Waals surface area contributed by atoms with E-state index in [0.29, 0.717) is 30.6 Å². The Bertz CT molecular complexity index is 738. The van der Waals surface area contributed by atoms with Crippen LogP contribution in [0.1, 0.15) is 12.5 Å². The lowest BCUT2D eigenvalue weighted by molar-refractivity contribution is 0.326. The van der Waals surface area contributed by atoms with Crippen molar-refractivity contribution in [3.05, 3.63) is 48.0 Å². The van der Waals surface area contributed by atoms with Crippen LogP contribution in [0.2, 0.25) is 0 Å². The summed E-state index contributed by atoms with van der Waals surface area (Å²) in [6.07, 6.45) is 0. The number of hydrogen-bond donors (Lipinski definition) is 2. The summed E-state index contributed by atoms with van der Waals surface area (Å²) in [4.78, 5) is 4.55. The lowest BCUT2D eigenvalue weighted by Gasteiger charge is -2.14. The van der Waals surface area contributed by atoms with Gasteiger partial charge in [0, 0.05) is 18.3 Å². The Balaban J connectivity index is 0.00000364. The predicted octanol–water partition coefficient (Wildman–Crippen LogP) is 4.09. The molecule has 0 amide bonds. The van der Waals surface area contributed by atoms with Gasteiger partial charge in [-0.1, -0.05) is 18.2 Å². The Hall–Kier alpha value is -2.16. The Kier molecular flexibility index (Phi) is 10.4. The van der Waals surface area contributed by atoms with Crippen molar-refractivity contribution in [3.8, 4) is 17.2 Å². The van der Waals surface area contributed by atoms with Gasteiger partial charge in [0.1, 0.15) is 12.4 Å². The first-order valence-electron chi connectivity index (χ1n) is 8.63. The summed E-state index contributed by atoms with van der Waals surface area (Å²) in [7, 11) is 3.23. The Morgan fingerprint density at radius 1 is 1.00 bits per heavy atom. The number of hydrogen-bond acceptors (Lipinski definition) is 4. The van der Waals surface area contributed by atoms with Gasteiger partial charge in [-0.25, -0.2) is 4.99 Å². The molecule has 7 heteroatoms. The maximum atomic E-state index is 5.78. The maximum Gasteiger partial charge on any atom is 0.195 e. The average molecular weight is 485 g/mol. The highest BCUT2D eigenvalue weighted by Gasteiger charge is 2.06. The summed E-state index contributed by atoms with van der Waals surface area (Å²) >= 11 is 0. The molecule has 2 N–H and O–H groups in total. The molecule has 2 rings (SSSR count). The quantitative estimate of drug-likeness (QED) is 0.255. The van der Waals surface area contributed by atoms with Gasteiger partial charge >= 0.3 is 0 Å². The van der Waals surface area contributed by atoms with Gasteiger partial charge in [0.2, 0.25) is 0 Å². The Morgan fingerprint density at radius 3 is 2.41 bits per heavy atom. The molecule has 27 heavy (non-hydrogen) atoms. The van der Waals surface area contributed by atoms with Crippen LogP contribution in [0.4, 0.5) is 5.69 Å². The lowest BCUT2D eigenvalue weighted by atomic mass is 10.2. The maximum absolute atomic E-state index is 5.78. The van der Waals surface area contributed by atoms with Crippen molar-refractivity contribution < 1.29 is 14.2 Å². The topological polar surface area (TPSA) is 64.1 Å². The van der Waals surface area contributed by atoms with E-state index >= 15 is 0 Å². The van der Waals surface area contributed by atoms with Crippen molar-refractivity contribution in [2.75, 3.05) is 39.2 Å². The highest BCUT2D eigenvalue weighted by atomic mass is 127.